The smallest absolute Gasteiger partial charge is 0.316 e. The molecule has 0 unspecified atom stereocenters. The van der Waals surface area contributed by atoms with Gasteiger partial charge in [0.15, 0.2) is 5.82 Å². The first-order chi connectivity index (χ1) is 6.74. The van der Waals surface area contributed by atoms with E-state index in [0.717, 1.165) is 12.4 Å². The molecule has 14 heavy (non-hydrogen) atoms. The molecule has 74 valence electrons. The molecule has 0 aliphatic heterocycles. The molecular formula is C9H9FN2O2. The lowest BCUT2D eigenvalue weighted by atomic mass is 9.85. The maximum Gasteiger partial charge on any atom is 0.316 e. The molecule has 1 saturated carbocycles. The van der Waals surface area contributed by atoms with E-state index in [-0.39, 0.29) is 17.7 Å². The van der Waals surface area contributed by atoms with Gasteiger partial charge < -0.3 is 4.74 Å². The van der Waals surface area contributed by atoms with Crippen LogP contribution < -0.4 is 4.74 Å². The Hall–Kier alpha value is -1.52. The highest BCUT2D eigenvalue weighted by atomic mass is 19.1. The predicted molar refractivity (Wildman–Crippen MR) is 45.2 cm³/mol. The number of aromatic nitrogens is 2. The van der Waals surface area contributed by atoms with Gasteiger partial charge in [-0.2, -0.15) is 0 Å². The molecule has 0 N–H and O–H groups in total. The fraction of sp³-hybridized carbons (Fsp3) is 0.444. The largest absolute Gasteiger partial charge is 0.463 e. The summed E-state index contributed by atoms with van der Waals surface area (Å²) < 4.78 is 17.6. The lowest BCUT2D eigenvalue weighted by Gasteiger charge is -2.23. The minimum absolute atomic E-state index is 0.158. The fourth-order valence-electron chi connectivity index (χ4n) is 1.27. The molecule has 0 amide bonds. The normalized spacial score (nSPS) is 16.5. The van der Waals surface area contributed by atoms with Crippen LogP contribution in [0.15, 0.2) is 12.4 Å². The molecule has 0 bridgehead atoms. The monoisotopic (exact) mass is 196 g/mol. The van der Waals surface area contributed by atoms with Crippen molar-refractivity contribution in [3.05, 3.63) is 18.2 Å². The van der Waals surface area contributed by atoms with Gasteiger partial charge in [-0.05, 0) is 0 Å². The van der Waals surface area contributed by atoms with Crippen molar-refractivity contribution in [2.24, 2.45) is 5.92 Å². The molecule has 0 saturated heterocycles. The Kier molecular flexibility index (Phi) is 2.39. The van der Waals surface area contributed by atoms with Gasteiger partial charge in [0.1, 0.15) is 5.78 Å². The zero-order valence-electron chi connectivity index (χ0n) is 7.44. The molecule has 4 nitrogen and oxygen atoms in total. The van der Waals surface area contributed by atoms with Gasteiger partial charge in [0.2, 0.25) is 0 Å². The summed E-state index contributed by atoms with van der Waals surface area (Å²) in [6.07, 6.45) is 3.24. The Labute approximate surface area is 80.1 Å². The van der Waals surface area contributed by atoms with Gasteiger partial charge in [0.05, 0.1) is 19.0 Å². The van der Waals surface area contributed by atoms with E-state index >= 15 is 0 Å². The summed E-state index contributed by atoms with van der Waals surface area (Å²) in [6.45, 7) is 0.428. The molecule has 0 atom stereocenters. The Morgan fingerprint density at radius 3 is 2.64 bits per heavy atom. The summed E-state index contributed by atoms with van der Waals surface area (Å²) in [6, 6.07) is 0.158. The van der Waals surface area contributed by atoms with Gasteiger partial charge in [-0.1, -0.05) is 0 Å². The SMILES string of the molecule is O=C1CC(COc2ncc(F)cn2)C1. The molecule has 0 spiro atoms. The number of halogens is 1. The predicted octanol–water partition coefficient (Wildman–Crippen LogP) is 0.974. The van der Waals surface area contributed by atoms with E-state index in [4.69, 9.17) is 4.74 Å². The molecule has 1 aromatic heterocycles. The zero-order chi connectivity index (χ0) is 9.97. The van der Waals surface area contributed by atoms with E-state index in [1.165, 1.54) is 0 Å². The van der Waals surface area contributed by atoms with Gasteiger partial charge >= 0.3 is 6.01 Å². The van der Waals surface area contributed by atoms with Gasteiger partial charge in [-0.25, -0.2) is 14.4 Å². The Morgan fingerprint density at radius 2 is 2.07 bits per heavy atom. The van der Waals surface area contributed by atoms with E-state index in [1.54, 1.807) is 0 Å². The molecule has 1 aliphatic carbocycles. The van der Waals surface area contributed by atoms with Crippen molar-refractivity contribution in [3.63, 3.8) is 0 Å². The first-order valence-electron chi connectivity index (χ1n) is 4.36. The number of ether oxygens (including phenoxy) is 1. The Bertz CT molecular complexity index is 331. The third-order valence-electron chi connectivity index (χ3n) is 2.08. The highest BCUT2D eigenvalue weighted by Crippen LogP contribution is 2.22. The summed E-state index contributed by atoms with van der Waals surface area (Å²) in [5.74, 6) is 0.0472. The van der Waals surface area contributed by atoms with Crippen molar-refractivity contribution in [2.75, 3.05) is 6.61 Å². The van der Waals surface area contributed by atoms with Gasteiger partial charge in [-0.15, -0.1) is 0 Å². The molecule has 2 rings (SSSR count). The summed E-state index contributed by atoms with van der Waals surface area (Å²) in [5.41, 5.74) is 0. The molecule has 0 radical (unpaired) electrons. The molecular weight excluding hydrogens is 187 g/mol. The van der Waals surface area contributed by atoms with E-state index in [0.29, 0.717) is 19.4 Å². The summed E-state index contributed by atoms with van der Waals surface area (Å²) in [7, 11) is 0. The first kappa shape index (κ1) is 9.05. The maximum atomic E-state index is 12.4. The second kappa shape index (κ2) is 3.69. The topological polar surface area (TPSA) is 52.1 Å². The average molecular weight is 196 g/mol. The number of carbonyl (C=O) groups excluding carboxylic acids is 1. The molecule has 0 aromatic carbocycles. The number of carbonyl (C=O) groups is 1. The summed E-state index contributed by atoms with van der Waals surface area (Å²) in [4.78, 5) is 17.9. The lowest BCUT2D eigenvalue weighted by molar-refractivity contribution is -0.127. The van der Waals surface area contributed by atoms with E-state index in [1.807, 2.05) is 0 Å². The maximum absolute atomic E-state index is 12.4. The van der Waals surface area contributed by atoms with Crippen molar-refractivity contribution >= 4 is 5.78 Å². The average Bonchev–Trinajstić information content (AvgIpc) is 2.13. The molecule has 1 heterocycles. The molecule has 1 aromatic rings. The van der Waals surface area contributed by atoms with Crippen LogP contribution >= 0.6 is 0 Å². The van der Waals surface area contributed by atoms with Crippen LogP contribution in [0.2, 0.25) is 0 Å². The second-order valence-electron chi connectivity index (χ2n) is 3.31. The van der Waals surface area contributed by atoms with Crippen molar-refractivity contribution in [2.45, 2.75) is 12.8 Å². The number of rotatable bonds is 3. The van der Waals surface area contributed by atoms with Crippen LogP contribution in [0, 0.1) is 11.7 Å². The van der Waals surface area contributed by atoms with Crippen LogP contribution in [0.1, 0.15) is 12.8 Å². The van der Waals surface area contributed by atoms with E-state index in [2.05, 4.69) is 9.97 Å². The standard InChI is InChI=1S/C9H9FN2O2/c10-7-3-11-9(12-4-7)14-5-6-1-8(13)2-6/h3-4,6H,1-2,5H2. The minimum atomic E-state index is -0.490. The van der Waals surface area contributed by atoms with Crippen molar-refractivity contribution < 1.29 is 13.9 Å². The van der Waals surface area contributed by atoms with Crippen LogP contribution in [0.4, 0.5) is 4.39 Å². The second-order valence-corrected chi connectivity index (χ2v) is 3.31. The van der Waals surface area contributed by atoms with E-state index < -0.39 is 5.82 Å². The number of hydrogen-bond acceptors (Lipinski definition) is 4. The molecule has 1 fully saturated rings. The van der Waals surface area contributed by atoms with Crippen molar-refractivity contribution in [3.8, 4) is 6.01 Å². The lowest BCUT2D eigenvalue weighted by Crippen LogP contribution is -2.28. The number of nitrogens with zero attached hydrogens (tertiary/aromatic N) is 2. The summed E-state index contributed by atoms with van der Waals surface area (Å²) >= 11 is 0. The summed E-state index contributed by atoms with van der Waals surface area (Å²) in [5, 5.41) is 0. The zero-order valence-corrected chi connectivity index (χ0v) is 7.44. The first-order valence-corrected chi connectivity index (χ1v) is 4.36. The number of Topliss-reactive ketones (excluding diaryl/α,β-unsaturated/α-hetero) is 1. The highest BCUT2D eigenvalue weighted by molar-refractivity contribution is 5.84. The van der Waals surface area contributed by atoms with Crippen molar-refractivity contribution in [1.29, 1.82) is 0 Å². The van der Waals surface area contributed by atoms with Crippen molar-refractivity contribution in [1.82, 2.24) is 9.97 Å². The Morgan fingerprint density at radius 1 is 1.43 bits per heavy atom. The van der Waals surface area contributed by atoms with Crippen LogP contribution in [-0.4, -0.2) is 22.4 Å². The van der Waals surface area contributed by atoms with Crippen LogP contribution in [0.5, 0.6) is 6.01 Å². The van der Waals surface area contributed by atoms with Crippen LogP contribution in [-0.2, 0) is 4.79 Å². The van der Waals surface area contributed by atoms with Gasteiger partial charge in [0.25, 0.3) is 0 Å². The van der Waals surface area contributed by atoms with Crippen LogP contribution in [0.3, 0.4) is 0 Å². The molecule has 1 aliphatic rings. The third-order valence-corrected chi connectivity index (χ3v) is 2.08. The van der Waals surface area contributed by atoms with Gasteiger partial charge in [-0.3, -0.25) is 4.79 Å². The third kappa shape index (κ3) is 2.04. The van der Waals surface area contributed by atoms with Gasteiger partial charge in [0, 0.05) is 18.8 Å². The number of ketones is 1. The number of hydrogen-bond donors (Lipinski definition) is 0. The van der Waals surface area contributed by atoms with E-state index in [9.17, 15) is 9.18 Å². The minimum Gasteiger partial charge on any atom is -0.463 e. The molecule has 5 heteroatoms. The van der Waals surface area contributed by atoms with Crippen LogP contribution in [0.25, 0.3) is 0 Å². The Balaban J connectivity index is 1.80. The highest BCUT2D eigenvalue weighted by Gasteiger charge is 2.27. The fourth-order valence-corrected chi connectivity index (χ4v) is 1.27. The quantitative estimate of drug-likeness (QED) is 0.722.